The lowest BCUT2D eigenvalue weighted by Crippen LogP contribution is -2.41. The Balaban J connectivity index is 1.45. The third kappa shape index (κ3) is 5.34. The Labute approximate surface area is 242 Å². The van der Waals surface area contributed by atoms with Crippen molar-refractivity contribution in [1.29, 1.82) is 0 Å². The maximum Gasteiger partial charge on any atom is 0.494 e. The molecule has 0 N–H and O–H groups in total. The molecule has 3 aromatic rings. The van der Waals surface area contributed by atoms with Gasteiger partial charge in [0.05, 0.1) is 22.4 Å². The lowest BCUT2D eigenvalue weighted by atomic mass is 9.79. The van der Waals surface area contributed by atoms with E-state index < -0.39 is 14.2 Å². The van der Waals surface area contributed by atoms with Crippen LogP contribution in [0, 0.1) is 0 Å². The molecule has 2 fully saturated rings. The van der Waals surface area contributed by atoms with Gasteiger partial charge in [-0.15, -0.1) is 0 Å². The second-order valence-electron chi connectivity index (χ2n) is 12.5. The molecule has 0 bridgehead atoms. The summed E-state index contributed by atoms with van der Waals surface area (Å²) in [6, 6.07) is 25.5. The van der Waals surface area contributed by atoms with Crippen molar-refractivity contribution >= 4 is 58.2 Å². The first-order valence-corrected chi connectivity index (χ1v) is 14.7. The van der Waals surface area contributed by atoms with E-state index in [4.69, 9.17) is 18.6 Å². The van der Waals surface area contributed by atoms with E-state index in [0.29, 0.717) is 0 Å². The monoisotopic (exact) mass is 589 g/mol. The molecule has 0 aliphatic carbocycles. The van der Waals surface area contributed by atoms with E-state index in [1.807, 2.05) is 0 Å². The summed E-state index contributed by atoms with van der Waals surface area (Å²) in [7, 11) is -0.787. The largest absolute Gasteiger partial charge is 0.494 e. The van der Waals surface area contributed by atoms with Gasteiger partial charge in [0.2, 0.25) is 0 Å². The van der Waals surface area contributed by atoms with Crippen molar-refractivity contribution < 1.29 is 18.6 Å². The van der Waals surface area contributed by atoms with Crippen LogP contribution < -0.4 is 15.8 Å². The first-order valence-electron chi connectivity index (χ1n) is 13.6. The van der Waals surface area contributed by atoms with Crippen molar-refractivity contribution in [2.45, 2.75) is 83.1 Å². The lowest BCUT2D eigenvalue weighted by Gasteiger charge is -2.32. The molecule has 0 atom stereocenters. The average molecular weight is 590 g/mol. The van der Waals surface area contributed by atoms with Crippen LogP contribution in [0.15, 0.2) is 72.8 Å². The van der Waals surface area contributed by atoms with E-state index in [0.717, 1.165) is 33.3 Å². The van der Waals surface area contributed by atoms with Crippen LogP contribution in [0.3, 0.4) is 0 Å². The SMILES string of the molecule is CC1(C)OB(c2ccc(N(c3ccc(CBr)cc3)c3ccc(B4OC(C)(C)C(C)(C)O4)cc3)cc2)OC1(C)C. The first kappa shape index (κ1) is 28.4. The molecular formula is C31H38B2BrNO4. The van der Waals surface area contributed by atoms with Gasteiger partial charge in [-0.2, -0.15) is 0 Å². The molecule has 8 heteroatoms. The summed E-state index contributed by atoms with van der Waals surface area (Å²) in [5.41, 5.74) is 4.90. The number of halogens is 1. The second kappa shape index (κ2) is 10.1. The Hall–Kier alpha value is -2.09. The minimum atomic E-state index is -0.394. The molecule has 5 rings (SSSR count). The van der Waals surface area contributed by atoms with Crippen molar-refractivity contribution in [3.63, 3.8) is 0 Å². The molecule has 2 saturated heterocycles. The number of nitrogens with zero attached hydrogens (tertiary/aromatic N) is 1. The molecule has 0 aromatic heterocycles. The molecule has 5 nitrogen and oxygen atoms in total. The Morgan fingerprint density at radius 3 is 1.08 bits per heavy atom. The van der Waals surface area contributed by atoms with Gasteiger partial charge in [-0.25, -0.2) is 0 Å². The van der Waals surface area contributed by atoms with Crippen molar-refractivity contribution in [2.24, 2.45) is 0 Å². The zero-order valence-corrected chi connectivity index (χ0v) is 25.8. The van der Waals surface area contributed by atoms with Crippen LogP contribution in [0.4, 0.5) is 17.1 Å². The van der Waals surface area contributed by atoms with Gasteiger partial charge < -0.3 is 23.5 Å². The maximum absolute atomic E-state index is 6.27. The van der Waals surface area contributed by atoms with Gasteiger partial charge in [-0.1, -0.05) is 52.3 Å². The molecule has 204 valence electrons. The highest BCUT2D eigenvalue weighted by molar-refractivity contribution is 9.08. The number of anilines is 3. The van der Waals surface area contributed by atoms with E-state index in [2.05, 4.69) is 149 Å². The van der Waals surface area contributed by atoms with Crippen LogP contribution in [0.2, 0.25) is 0 Å². The summed E-state index contributed by atoms with van der Waals surface area (Å²) >= 11 is 3.56. The van der Waals surface area contributed by atoms with Crippen LogP contribution in [0.1, 0.15) is 61.0 Å². The molecule has 2 heterocycles. The minimum Gasteiger partial charge on any atom is -0.399 e. The highest BCUT2D eigenvalue weighted by Gasteiger charge is 2.52. The van der Waals surface area contributed by atoms with Crippen molar-refractivity contribution in [1.82, 2.24) is 0 Å². The van der Waals surface area contributed by atoms with Crippen LogP contribution in [0.25, 0.3) is 0 Å². The first-order chi connectivity index (χ1) is 18.2. The van der Waals surface area contributed by atoms with Gasteiger partial charge in [-0.05, 0) is 108 Å². The fourth-order valence-corrected chi connectivity index (χ4v) is 5.07. The normalized spacial score (nSPS) is 20.8. The smallest absolute Gasteiger partial charge is 0.399 e. The molecule has 39 heavy (non-hydrogen) atoms. The van der Waals surface area contributed by atoms with E-state index in [1.165, 1.54) is 5.56 Å². The van der Waals surface area contributed by atoms with Crippen molar-refractivity contribution in [3.05, 3.63) is 78.4 Å². The van der Waals surface area contributed by atoms with Gasteiger partial charge in [0.1, 0.15) is 0 Å². The molecule has 3 aromatic carbocycles. The summed E-state index contributed by atoms with van der Waals surface area (Å²) < 4.78 is 25.1. The standard InChI is InChI=1S/C31H38B2BrNO4/c1-28(2)29(3,4)37-32(36-28)23-11-17-26(18-12-23)35(25-15-9-22(21-34)10-16-25)27-19-13-24(14-20-27)33-38-30(5,6)31(7,8)39-33/h9-20H,21H2,1-8H3. The quantitative estimate of drug-likeness (QED) is 0.238. The third-order valence-corrected chi connectivity index (χ3v) is 9.35. The van der Waals surface area contributed by atoms with Gasteiger partial charge in [0.15, 0.2) is 0 Å². The van der Waals surface area contributed by atoms with Crippen molar-refractivity contribution in [2.75, 3.05) is 4.90 Å². The van der Waals surface area contributed by atoms with E-state index in [-0.39, 0.29) is 22.4 Å². The van der Waals surface area contributed by atoms with E-state index in [1.54, 1.807) is 0 Å². The van der Waals surface area contributed by atoms with Crippen LogP contribution in [-0.2, 0) is 23.9 Å². The molecule has 0 spiro atoms. The number of rotatable bonds is 6. The lowest BCUT2D eigenvalue weighted by molar-refractivity contribution is 0.00578. The van der Waals surface area contributed by atoms with Gasteiger partial charge in [0.25, 0.3) is 0 Å². The Morgan fingerprint density at radius 1 is 0.513 bits per heavy atom. The molecule has 2 aliphatic heterocycles. The summed E-state index contributed by atoms with van der Waals surface area (Å²) in [5, 5.41) is 0.818. The minimum absolute atomic E-state index is 0.377. The van der Waals surface area contributed by atoms with Crippen LogP contribution in [-0.4, -0.2) is 36.6 Å². The Morgan fingerprint density at radius 2 is 0.795 bits per heavy atom. The van der Waals surface area contributed by atoms with E-state index in [9.17, 15) is 0 Å². The summed E-state index contributed by atoms with van der Waals surface area (Å²) in [4.78, 5) is 2.25. The molecular weight excluding hydrogens is 552 g/mol. The van der Waals surface area contributed by atoms with Gasteiger partial charge >= 0.3 is 14.2 Å². The zero-order chi connectivity index (χ0) is 28.2. The predicted molar refractivity (Wildman–Crippen MR) is 165 cm³/mol. The third-order valence-electron chi connectivity index (χ3n) is 8.70. The molecule has 0 radical (unpaired) electrons. The second-order valence-corrected chi connectivity index (χ2v) is 13.1. The topological polar surface area (TPSA) is 40.2 Å². The van der Waals surface area contributed by atoms with Gasteiger partial charge in [-0.3, -0.25) is 0 Å². The van der Waals surface area contributed by atoms with Gasteiger partial charge in [0, 0.05) is 22.4 Å². The average Bonchev–Trinajstić information content (AvgIpc) is 3.25. The van der Waals surface area contributed by atoms with Crippen LogP contribution >= 0.6 is 15.9 Å². The molecule has 0 amide bonds. The Bertz CT molecular complexity index is 1200. The number of alkyl halides is 1. The fraction of sp³-hybridized carbons (Fsp3) is 0.419. The predicted octanol–water partition coefficient (Wildman–Crippen LogP) is 6.65. The zero-order valence-electron chi connectivity index (χ0n) is 24.2. The van der Waals surface area contributed by atoms with Crippen LogP contribution in [0.5, 0.6) is 0 Å². The Kier molecular flexibility index (Phi) is 7.35. The number of hydrogen-bond acceptors (Lipinski definition) is 5. The summed E-state index contributed by atoms with van der Waals surface area (Å²) in [6.07, 6.45) is 0. The molecule has 0 saturated carbocycles. The van der Waals surface area contributed by atoms with E-state index >= 15 is 0 Å². The molecule has 2 aliphatic rings. The highest BCUT2D eigenvalue weighted by atomic mass is 79.9. The maximum atomic E-state index is 6.27. The van der Waals surface area contributed by atoms with Crippen molar-refractivity contribution in [3.8, 4) is 0 Å². The summed E-state index contributed by atoms with van der Waals surface area (Å²) in [6.45, 7) is 16.6. The summed E-state index contributed by atoms with van der Waals surface area (Å²) in [5.74, 6) is 0. The highest BCUT2D eigenvalue weighted by Crippen LogP contribution is 2.39. The fourth-order valence-electron chi connectivity index (χ4n) is 4.70. The number of hydrogen-bond donors (Lipinski definition) is 0. The molecule has 0 unspecified atom stereocenters. The number of benzene rings is 3.